The van der Waals surface area contributed by atoms with E-state index < -0.39 is 0 Å². The molecule has 0 fully saturated rings. The zero-order valence-corrected chi connectivity index (χ0v) is 23.9. The molecule has 42 heavy (non-hydrogen) atoms. The largest absolute Gasteiger partial charge is 0.301 e. The predicted molar refractivity (Wildman–Crippen MR) is 177 cm³/mol. The van der Waals surface area contributed by atoms with Crippen molar-refractivity contribution in [3.8, 4) is 34.2 Å². The number of thiophene rings is 2. The van der Waals surface area contributed by atoms with Gasteiger partial charge in [0.25, 0.3) is 0 Å². The molecular weight excluding hydrogens is 553 g/mol. The number of hydrogen-bond donors (Lipinski definition) is 0. The topological polar surface area (TPSA) is 35.6 Å². The zero-order valence-electron chi connectivity index (χ0n) is 22.3. The summed E-state index contributed by atoms with van der Waals surface area (Å²) in [5, 5.41) is 13.3. The molecule has 0 N–H and O–H groups in total. The van der Waals surface area contributed by atoms with E-state index >= 15 is 0 Å². The summed E-state index contributed by atoms with van der Waals surface area (Å²) in [6.45, 7) is 0. The fourth-order valence-electron chi connectivity index (χ4n) is 6.01. The summed E-state index contributed by atoms with van der Waals surface area (Å²) < 4.78 is 8.54. The Morgan fingerprint density at radius 3 is 1.83 bits per heavy atom. The van der Waals surface area contributed by atoms with Crippen LogP contribution >= 0.6 is 22.7 Å². The van der Waals surface area contributed by atoms with Gasteiger partial charge in [-0.3, -0.25) is 4.57 Å². The van der Waals surface area contributed by atoms with Crippen molar-refractivity contribution in [3.63, 3.8) is 0 Å². The van der Waals surface area contributed by atoms with Gasteiger partial charge in [-0.2, -0.15) is 0 Å². The summed E-state index contributed by atoms with van der Waals surface area (Å²) in [4.78, 5) is 1.29. The molecule has 6 heteroatoms. The van der Waals surface area contributed by atoms with Crippen LogP contribution in [0.25, 0.3) is 74.8 Å². The molecule has 0 bridgehead atoms. The van der Waals surface area contributed by atoms with Gasteiger partial charge in [-0.05, 0) is 48.5 Å². The maximum Gasteiger partial charge on any atom is 0.168 e. The number of nitrogens with zero attached hydrogens (tertiary/aromatic N) is 4. The summed E-state index contributed by atoms with van der Waals surface area (Å²) >= 11 is 3.76. The van der Waals surface area contributed by atoms with Crippen LogP contribution < -0.4 is 0 Å². The highest BCUT2D eigenvalue weighted by molar-refractivity contribution is 7.36. The summed E-state index contributed by atoms with van der Waals surface area (Å²) in [7, 11) is 0. The van der Waals surface area contributed by atoms with Crippen LogP contribution in [0, 0.1) is 0 Å². The third-order valence-electron chi connectivity index (χ3n) is 7.88. The molecule has 0 atom stereocenters. The van der Waals surface area contributed by atoms with Gasteiger partial charge in [0.15, 0.2) is 11.6 Å². The Labute approximate surface area is 249 Å². The highest BCUT2D eigenvalue weighted by atomic mass is 32.1. The van der Waals surface area contributed by atoms with Gasteiger partial charge >= 0.3 is 0 Å². The molecule has 0 saturated carbocycles. The Balaban J connectivity index is 1.30. The molecule has 4 aromatic heterocycles. The third kappa shape index (κ3) is 3.46. The van der Waals surface area contributed by atoms with Gasteiger partial charge in [-0.1, -0.05) is 84.9 Å². The minimum atomic E-state index is 0.831. The fourth-order valence-corrected chi connectivity index (χ4v) is 8.80. The Kier molecular flexibility index (Phi) is 5.20. The first kappa shape index (κ1) is 23.6. The molecular formula is C36H22N4S2. The molecule has 4 nitrogen and oxygen atoms in total. The molecule has 9 aromatic rings. The maximum atomic E-state index is 4.75. The molecule has 0 unspecified atom stereocenters. The molecule has 0 spiro atoms. The van der Waals surface area contributed by atoms with Gasteiger partial charge in [-0.15, -0.1) is 32.9 Å². The highest BCUT2D eigenvalue weighted by Gasteiger charge is 2.22. The van der Waals surface area contributed by atoms with E-state index in [1.165, 1.54) is 46.3 Å². The van der Waals surface area contributed by atoms with Crippen LogP contribution in [0.2, 0.25) is 0 Å². The second kappa shape index (κ2) is 9.24. The lowest BCUT2D eigenvalue weighted by Crippen LogP contribution is -2.00. The molecule has 198 valence electrons. The minimum Gasteiger partial charge on any atom is -0.301 e. The number of hydrogen-bond acceptors (Lipinski definition) is 4. The van der Waals surface area contributed by atoms with Crippen LogP contribution in [0.5, 0.6) is 0 Å². The molecule has 0 amide bonds. The summed E-state index contributed by atoms with van der Waals surface area (Å²) in [6, 6.07) is 46.8. The normalized spacial score (nSPS) is 11.8. The van der Waals surface area contributed by atoms with Crippen molar-refractivity contribution in [1.82, 2.24) is 19.3 Å². The molecule has 5 aromatic carbocycles. The Bertz CT molecular complexity index is 2400. The van der Waals surface area contributed by atoms with Crippen LogP contribution in [0.4, 0.5) is 0 Å². The Hall–Kier alpha value is -5.04. The van der Waals surface area contributed by atoms with Crippen molar-refractivity contribution in [2.45, 2.75) is 0 Å². The van der Waals surface area contributed by atoms with Gasteiger partial charge in [-0.25, -0.2) is 0 Å². The van der Waals surface area contributed by atoms with E-state index in [1.54, 1.807) is 0 Å². The standard InChI is InChI=1S/C36H22N4S2/c1-4-12-23(13-5-1)34-37-38-35(40(34)26-16-8-3-9-17-26)24-20-21-30-28(22-24)32-33(41-30)31-27-18-10-11-19-29(27)39(36(31)42-32)25-14-6-2-7-15-25/h1-22H. The van der Waals surface area contributed by atoms with Crippen molar-refractivity contribution in [2.75, 3.05) is 0 Å². The lowest BCUT2D eigenvalue weighted by atomic mass is 10.1. The van der Waals surface area contributed by atoms with Crippen LogP contribution in [0.3, 0.4) is 0 Å². The van der Waals surface area contributed by atoms with E-state index in [9.17, 15) is 0 Å². The third-order valence-corrected chi connectivity index (χ3v) is 10.4. The van der Waals surface area contributed by atoms with Gasteiger partial charge in [0.05, 0.1) is 14.9 Å². The molecule has 9 rings (SSSR count). The van der Waals surface area contributed by atoms with E-state index in [4.69, 9.17) is 5.10 Å². The van der Waals surface area contributed by atoms with Gasteiger partial charge in [0, 0.05) is 43.4 Å². The smallest absolute Gasteiger partial charge is 0.168 e. The number of rotatable bonds is 4. The van der Waals surface area contributed by atoms with Crippen LogP contribution in [0.15, 0.2) is 133 Å². The quantitative estimate of drug-likeness (QED) is 0.210. The van der Waals surface area contributed by atoms with Gasteiger partial charge < -0.3 is 4.57 Å². The maximum absolute atomic E-state index is 4.75. The average molecular weight is 575 g/mol. The molecule has 4 heterocycles. The van der Waals surface area contributed by atoms with Crippen molar-refractivity contribution in [2.24, 2.45) is 0 Å². The SMILES string of the molecule is c1ccc(-c2nnc(-c3ccc4sc5c(sc6c5c5ccccc5n6-c5ccccc5)c4c3)n2-c2ccccc2)cc1. The molecule has 0 aliphatic rings. The number of benzene rings is 5. The monoisotopic (exact) mass is 574 g/mol. The lowest BCUT2D eigenvalue weighted by molar-refractivity contribution is 1.07. The number of aromatic nitrogens is 4. The Morgan fingerprint density at radius 2 is 1.10 bits per heavy atom. The molecule has 0 aliphatic heterocycles. The zero-order chi connectivity index (χ0) is 27.6. The molecule has 0 saturated heterocycles. The minimum absolute atomic E-state index is 0.831. The first-order chi connectivity index (χ1) is 20.8. The second-order valence-electron chi connectivity index (χ2n) is 10.3. The first-order valence-electron chi connectivity index (χ1n) is 13.9. The Morgan fingerprint density at radius 1 is 0.476 bits per heavy atom. The van der Waals surface area contributed by atoms with Crippen molar-refractivity contribution in [3.05, 3.63) is 133 Å². The average Bonchev–Trinajstić information content (AvgIpc) is 3.81. The molecule has 0 aliphatic carbocycles. The van der Waals surface area contributed by atoms with E-state index in [-0.39, 0.29) is 0 Å². The lowest BCUT2D eigenvalue weighted by Gasteiger charge is -2.11. The summed E-state index contributed by atoms with van der Waals surface area (Å²) in [5.41, 5.74) is 5.56. The molecule has 0 radical (unpaired) electrons. The number of para-hydroxylation sites is 3. The fraction of sp³-hybridized carbons (Fsp3) is 0. The van der Waals surface area contributed by atoms with Crippen molar-refractivity contribution in [1.29, 1.82) is 0 Å². The summed E-state index contributed by atoms with van der Waals surface area (Å²) in [5.74, 6) is 1.67. The van der Waals surface area contributed by atoms with E-state index in [0.29, 0.717) is 0 Å². The van der Waals surface area contributed by atoms with Gasteiger partial charge in [0.2, 0.25) is 0 Å². The van der Waals surface area contributed by atoms with Gasteiger partial charge in [0.1, 0.15) is 4.83 Å². The van der Waals surface area contributed by atoms with Crippen LogP contribution in [0.1, 0.15) is 0 Å². The van der Waals surface area contributed by atoms with Crippen LogP contribution in [-0.4, -0.2) is 19.3 Å². The number of fused-ring (bicyclic) bond motifs is 7. The van der Waals surface area contributed by atoms with E-state index in [1.807, 2.05) is 46.9 Å². The second-order valence-corrected chi connectivity index (χ2v) is 12.4. The van der Waals surface area contributed by atoms with Crippen molar-refractivity contribution < 1.29 is 0 Å². The van der Waals surface area contributed by atoms with E-state index in [0.717, 1.165) is 28.5 Å². The summed E-state index contributed by atoms with van der Waals surface area (Å²) in [6.07, 6.45) is 0. The van der Waals surface area contributed by atoms with Crippen molar-refractivity contribution >= 4 is 63.3 Å². The predicted octanol–water partition coefficient (Wildman–Crippen LogP) is 10.1. The first-order valence-corrected chi connectivity index (χ1v) is 15.5. The van der Waals surface area contributed by atoms with E-state index in [2.05, 4.69) is 123 Å². The highest BCUT2D eigenvalue weighted by Crippen LogP contribution is 2.49. The van der Waals surface area contributed by atoms with Crippen LogP contribution in [-0.2, 0) is 0 Å².